The largest absolute Gasteiger partial charge is 0.359 e. The van der Waals surface area contributed by atoms with Gasteiger partial charge in [0.05, 0.1) is 0 Å². The zero-order valence-electron chi connectivity index (χ0n) is 10.7. The van der Waals surface area contributed by atoms with E-state index in [-0.39, 0.29) is 0 Å². The molecule has 3 rings (SSSR count). The van der Waals surface area contributed by atoms with Gasteiger partial charge >= 0.3 is 0 Å². The molecule has 0 radical (unpaired) electrons. The summed E-state index contributed by atoms with van der Waals surface area (Å²) in [6.07, 6.45) is 13.4. The van der Waals surface area contributed by atoms with Crippen LogP contribution in [0.5, 0.6) is 0 Å². The summed E-state index contributed by atoms with van der Waals surface area (Å²) >= 11 is 5.30. The fraction of sp³-hybridized carbons (Fsp3) is 0.714. The van der Waals surface area contributed by atoms with Gasteiger partial charge in [0.1, 0.15) is 0 Å². The van der Waals surface area contributed by atoms with Crippen molar-refractivity contribution in [2.24, 2.45) is 16.9 Å². The average molecular weight is 263 g/mol. The van der Waals surface area contributed by atoms with Gasteiger partial charge in [0.2, 0.25) is 0 Å². The van der Waals surface area contributed by atoms with E-state index in [1.807, 2.05) is 0 Å². The Balaban J connectivity index is 1.44. The van der Waals surface area contributed by atoms with Crippen molar-refractivity contribution in [3.63, 3.8) is 0 Å². The van der Waals surface area contributed by atoms with E-state index in [0.717, 1.165) is 12.3 Å². The van der Waals surface area contributed by atoms with Crippen LogP contribution in [0.15, 0.2) is 17.3 Å². The Hall–Kier alpha value is -0.900. The van der Waals surface area contributed by atoms with Crippen molar-refractivity contribution in [1.82, 2.24) is 10.7 Å². The van der Waals surface area contributed by atoms with Crippen LogP contribution >= 0.6 is 12.2 Å². The van der Waals surface area contributed by atoms with Crippen molar-refractivity contribution in [2.45, 2.75) is 51.0 Å². The van der Waals surface area contributed by atoms with Crippen LogP contribution < -0.4 is 10.7 Å². The summed E-state index contributed by atoms with van der Waals surface area (Å²) < 4.78 is 0. The molecule has 0 aliphatic heterocycles. The predicted octanol–water partition coefficient (Wildman–Crippen LogP) is 2.74. The summed E-state index contributed by atoms with van der Waals surface area (Å²) in [5.41, 5.74) is 4.28. The number of hydrogen-bond donors (Lipinski definition) is 2. The van der Waals surface area contributed by atoms with E-state index in [1.54, 1.807) is 0 Å². The third kappa shape index (κ3) is 2.58. The molecule has 3 aliphatic rings. The number of nitrogens with one attached hydrogen (secondary N) is 2. The second-order valence-corrected chi connectivity index (χ2v) is 6.09. The van der Waals surface area contributed by atoms with Crippen molar-refractivity contribution >= 4 is 23.0 Å². The van der Waals surface area contributed by atoms with Crippen molar-refractivity contribution in [2.75, 3.05) is 0 Å². The zero-order chi connectivity index (χ0) is 12.4. The first-order valence-electron chi connectivity index (χ1n) is 7.12. The van der Waals surface area contributed by atoms with E-state index in [9.17, 15) is 0 Å². The highest BCUT2D eigenvalue weighted by molar-refractivity contribution is 7.80. The molecule has 0 amide bonds. The molecule has 0 bridgehead atoms. The van der Waals surface area contributed by atoms with E-state index >= 15 is 0 Å². The fourth-order valence-corrected chi connectivity index (χ4v) is 3.46. The lowest BCUT2D eigenvalue weighted by atomic mass is 9.74. The Morgan fingerprint density at radius 1 is 1.28 bits per heavy atom. The molecule has 0 aromatic heterocycles. The van der Waals surface area contributed by atoms with Gasteiger partial charge in [0.25, 0.3) is 0 Å². The van der Waals surface area contributed by atoms with Crippen LogP contribution in [-0.2, 0) is 0 Å². The third-order valence-corrected chi connectivity index (χ3v) is 4.60. The quantitative estimate of drug-likeness (QED) is 0.457. The molecule has 0 unspecified atom stereocenters. The van der Waals surface area contributed by atoms with E-state index in [0.29, 0.717) is 17.1 Å². The summed E-state index contributed by atoms with van der Waals surface area (Å²) in [6, 6.07) is 0.555. The van der Waals surface area contributed by atoms with E-state index in [4.69, 9.17) is 12.2 Å². The molecule has 4 heteroatoms. The second-order valence-electron chi connectivity index (χ2n) is 5.68. The van der Waals surface area contributed by atoms with Crippen LogP contribution in [0.25, 0.3) is 0 Å². The summed E-state index contributed by atoms with van der Waals surface area (Å²) in [5.74, 6) is 1.42. The molecule has 3 nitrogen and oxygen atoms in total. The first-order valence-corrected chi connectivity index (χ1v) is 7.53. The molecular weight excluding hydrogens is 242 g/mol. The van der Waals surface area contributed by atoms with Gasteiger partial charge in [-0.25, -0.2) is 0 Å². The Morgan fingerprint density at radius 3 is 2.89 bits per heavy atom. The smallest absolute Gasteiger partial charge is 0.187 e. The molecule has 2 N–H and O–H groups in total. The summed E-state index contributed by atoms with van der Waals surface area (Å²) in [5, 5.41) is 8.52. The molecule has 0 saturated heterocycles. The maximum atomic E-state index is 5.30. The van der Waals surface area contributed by atoms with Crippen molar-refractivity contribution < 1.29 is 0 Å². The lowest BCUT2D eigenvalue weighted by Crippen LogP contribution is -2.42. The van der Waals surface area contributed by atoms with Crippen LogP contribution in [0.3, 0.4) is 0 Å². The maximum absolute atomic E-state index is 5.30. The molecule has 2 saturated carbocycles. The van der Waals surface area contributed by atoms with Gasteiger partial charge in [-0.1, -0.05) is 31.4 Å². The normalized spacial score (nSPS) is 33.0. The van der Waals surface area contributed by atoms with E-state index in [2.05, 4.69) is 28.0 Å². The van der Waals surface area contributed by atoms with E-state index in [1.165, 1.54) is 44.2 Å². The minimum Gasteiger partial charge on any atom is -0.359 e. The maximum Gasteiger partial charge on any atom is 0.187 e. The topological polar surface area (TPSA) is 36.4 Å². The van der Waals surface area contributed by atoms with Gasteiger partial charge in [-0.15, -0.1) is 0 Å². The monoisotopic (exact) mass is 263 g/mol. The van der Waals surface area contributed by atoms with Crippen LogP contribution in [0.1, 0.15) is 44.9 Å². The van der Waals surface area contributed by atoms with Crippen LogP contribution in [0.4, 0.5) is 0 Å². The zero-order valence-corrected chi connectivity index (χ0v) is 11.5. The summed E-state index contributed by atoms with van der Waals surface area (Å²) in [4.78, 5) is 0. The minimum absolute atomic E-state index is 0.555. The standard InChI is InChI=1S/C14H21N3S/c18-14(15-11-6-2-1-3-7-11)17-16-13-9-10-5-4-8-12(10)13/h4,8,10-12H,1-3,5-7,9H2,(H2,15,17,18)/b16-13-/t10-,12-/m0/s1. The van der Waals surface area contributed by atoms with Gasteiger partial charge in [0, 0.05) is 17.7 Å². The highest BCUT2D eigenvalue weighted by Crippen LogP contribution is 2.40. The molecule has 98 valence electrons. The van der Waals surface area contributed by atoms with E-state index < -0.39 is 0 Å². The number of hydrogen-bond acceptors (Lipinski definition) is 2. The van der Waals surface area contributed by atoms with Crippen LogP contribution in [0.2, 0.25) is 0 Å². The highest BCUT2D eigenvalue weighted by Gasteiger charge is 2.37. The minimum atomic E-state index is 0.555. The first kappa shape index (κ1) is 12.2. The molecule has 0 spiro atoms. The lowest BCUT2D eigenvalue weighted by Gasteiger charge is -2.32. The van der Waals surface area contributed by atoms with Crippen LogP contribution in [0, 0.1) is 11.8 Å². The highest BCUT2D eigenvalue weighted by atomic mass is 32.1. The number of nitrogens with zero attached hydrogens (tertiary/aromatic N) is 1. The first-order chi connectivity index (χ1) is 8.83. The average Bonchev–Trinajstić information content (AvgIpc) is 2.72. The molecule has 2 atom stereocenters. The van der Waals surface area contributed by atoms with Gasteiger partial charge in [-0.05, 0) is 43.8 Å². The van der Waals surface area contributed by atoms with Gasteiger partial charge in [0.15, 0.2) is 5.11 Å². The van der Waals surface area contributed by atoms with Crippen molar-refractivity contribution in [1.29, 1.82) is 0 Å². The van der Waals surface area contributed by atoms with Gasteiger partial charge in [-0.2, -0.15) is 5.10 Å². The van der Waals surface area contributed by atoms with Crippen LogP contribution in [-0.4, -0.2) is 16.9 Å². The number of fused-ring (bicyclic) bond motifs is 1. The number of rotatable bonds is 2. The SMILES string of the molecule is S=C(N/N=C1/C[C@@H]2CC=C[C@H]12)NC1CCCCC1. The Labute approximate surface area is 114 Å². The van der Waals surface area contributed by atoms with Crippen molar-refractivity contribution in [3.8, 4) is 0 Å². The van der Waals surface area contributed by atoms with Gasteiger partial charge in [-0.3, -0.25) is 5.43 Å². The lowest BCUT2D eigenvalue weighted by molar-refractivity contribution is 0.411. The number of thiocarbonyl (C=S) groups is 1. The number of hydrazone groups is 1. The Morgan fingerprint density at radius 2 is 2.11 bits per heavy atom. The molecular formula is C14H21N3S. The molecule has 2 fully saturated rings. The fourth-order valence-electron chi connectivity index (χ4n) is 3.25. The van der Waals surface area contributed by atoms with Crippen molar-refractivity contribution in [3.05, 3.63) is 12.2 Å². The molecule has 0 aromatic rings. The Bertz CT molecular complexity index is 383. The molecule has 3 aliphatic carbocycles. The molecule has 18 heavy (non-hydrogen) atoms. The predicted molar refractivity (Wildman–Crippen MR) is 78.5 cm³/mol. The van der Waals surface area contributed by atoms with Gasteiger partial charge < -0.3 is 5.32 Å². The second kappa shape index (κ2) is 5.39. The summed E-state index contributed by atoms with van der Waals surface area (Å²) in [7, 11) is 0. The molecule has 0 aromatic carbocycles. The molecule has 0 heterocycles. The number of allylic oxidation sites excluding steroid dienone is 2. The Kier molecular flexibility index (Phi) is 3.64. The summed E-state index contributed by atoms with van der Waals surface area (Å²) in [6.45, 7) is 0. The third-order valence-electron chi connectivity index (χ3n) is 4.39.